The largest absolute Gasteiger partial charge is 0.396 e. The van der Waals surface area contributed by atoms with Gasteiger partial charge in [0.2, 0.25) is 0 Å². The van der Waals surface area contributed by atoms with E-state index in [4.69, 9.17) is 5.73 Å². The van der Waals surface area contributed by atoms with Crippen LogP contribution in [0, 0.1) is 18.8 Å². The minimum atomic E-state index is 0.633. The van der Waals surface area contributed by atoms with E-state index >= 15 is 0 Å². The summed E-state index contributed by atoms with van der Waals surface area (Å²) in [5.74, 6) is 5.73. The Labute approximate surface area is 80.3 Å². The van der Waals surface area contributed by atoms with Gasteiger partial charge < -0.3 is 5.73 Å². The Balaban J connectivity index is 3.05. The van der Waals surface area contributed by atoms with Crippen LogP contribution in [-0.2, 0) is 0 Å². The number of aryl methyl sites for hydroxylation is 1. The van der Waals surface area contributed by atoms with E-state index in [0.29, 0.717) is 16.7 Å². The lowest BCUT2D eigenvalue weighted by Gasteiger charge is -1.97. The summed E-state index contributed by atoms with van der Waals surface area (Å²) in [6, 6.07) is 3.69. The molecular weight excluding hydrogens is 216 g/mol. The summed E-state index contributed by atoms with van der Waals surface area (Å²) in [7, 11) is 0. The molecule has 0 saturated heterocycles. The molecule has 0 radical (unpaired) electrons. The predicted octanol–water partition coefficient (Wildman–Crippen LogP) is 1.72. The minimum Gasteiger partial charge on any atom is -0.396 e. The maximum Gasteiger partial charge on any atom is 0.136 e. The Kier molecular flexibility index (Phi) is 3.12. The van der Waals surface area contributed by atoms with Crippen molar-refractivity contribution in [2.24, 2.45) is 0 Å². The molecule has 0 aliphatic rings. The van der Waals surface area contributed by atoms with Gasteiger partial charge in [-0.2, -0.15) is 0 Å². The lowest BCUT2D eigenvalue weighted by molar-refractivity contribution is 1.18. The zero-order chi connectivity index (χ0) is 8.97. The second-order valence-electron chi connectivity index (χ2n) is 2.33. The molecule has 0 saturated carbocycles. The van der Waals surface area contributed by atoms with E-state index in [2.05, 4.69) is 32.8 Å². The average molecular weight is 225 g/mol. The van der Waals surface area contributed by atoms with Crippen LogP contribution in [0.2, 0.25) is 0 Å². The Morgan fingerprint density at radius 3 is 3.00 bits per heavy atom. The van der Waals surface area contributed by atoms with Gasteiger partial charge in [-0.25, -0.2) is 4.98 Å². The van der Waals surface area contributed by atoms with Crippen molar-refractivity contribution in [3.8, 4) is 11.8 Å². The zero-order valence-electron chi connectivity index (χ0n) is 6.76. The lowest BCUT2D eigenvalue weighted by Crippen LogP contribution is -1.94. The fourth-order valence-corrected chi connectivity index (χ4v) is 0.925. The maximum absolute atomic E-state index is 5.65. The zero-order valence-corrected chi connectivity index (χ0v) is 8.35. The number of anilines is 1. The Bertz CT molecular complexity index is 336. The first-order valence-electron chi connectivity index (χ1n) is 3.52. The first kappa shape index (κ1) is 9.08. The summed E-state index contributed by atoms with van der Waals surface area (Å²) in [4.78, 5) is 4.19. The minimum absolute atomic E-state index is 0.633. The molecule has 3 heteroatoms. The third-order valence-corrected chi connectivity index (χ3v) is 1.62. The van der Waals surface area contributed by atoms with E-state index in [9.17, 15) is 0 Å². The van der Waals surface area contributed by atoms with E-state index < -0.39 is 0 Å². The monoisotopic (exact) mass is 224 g/mol. The highest BCUT2D eigenvalue weighted by molar-refractivity contribution is 9.09. The maximum atomic E-state index is 5.65. The lowest BCUT2D eigenvalue weighted by atomic mass is 10.2. The van der Waals surface area contributed by atoms with Gasteiger partial charge in [0, 0.05) is 5.69 Å². The molecule has 1 aromatic heterocycles. The number of rotatable bonds is 0. The summed E-state index contributed by atoms with van der Waals surface area (Å²) < 4.78 is 0. The van der Waals surface area contributed by atoms with Gasteiger partial charge in [-0.3, -0.25) is 0 Å². The Morgan fingerprint density at radius 2 is 2.33 bits per heavy atom. The van der Waals surface area contributed by atoms with Gasteiger partial charge in [0.05, 0.1) is 11.0 Å². The first-order valence-corrected chi connectivity index (χ1v) is 4.64. The molecular formula is C9H9BrN2. The average Bonchev–Trinajstić information content (AvgIpc) is 2.07. The molecule has 62 valence electrons. The number of hydrogen-bond donors (Lipinski definition) is 1. The van der Waals surface area contributed by atoms with Crippen LogP contribution in [0.25, 0.3) is 0 Å². The fourth-order valence-electron chi connectivity index (χ4n) is 0.785. The second kappa shape index (κ2) is 4.13. The third-order valence-electron chi connectivity index (χ3n) is 1.34. The smallest absolute Gasteiger partial charge is 0.136 e. The second-order valence-corrected chi connectivity index (χ2v) is 2.89. The van der Waals surface area contributed by atoms with Crippen molar-refractivity contribution in [3.05, 3.63) is 23.5 Å². The highest BCUT2D eigenvalue weighted by Gasteiger charge is 1.95. The number of alkyl halides is 1. The van der Waals surface area contributed by atoms with E-state index in [0.717, 1.165) is 5.69 Å². The molecule has 12 heavy (non-hydrogen) atoms. The van der Waals surface area contributed by atoms with Crippen molar-refractivity contribution < 1.29 is 0 Å². The van der Waals surface area contributed by atoms with Crippen molar-refractivity contribution in [3.63, 3.8) is 0 Å². The summed E-state index contributed by atoms with van der Waals surface area (Å²) in [5.41, 5.74) is 7.88. The molecule has 0 aliphatic carbocycles. The third kappa shape index (κ3) is 2.24. The molecule has 0 atom stereocenters. The summed E-state index contributed by atoms with van der Waals surface area (Å²) in [6.07, 6.45) is 0. The number of nitrogen functional groups attached to an aromatic ring is 1. The van der Waals surface area contributed by atoms with Crippen molar-refractivity contribution in [1.29, 1.82) is 0 Å². The van der Waals surface area contributed by atoms with Gasteiger partial charge in [-0.05, 0) is 25.0 Å². The number of nitrogens with two attached hydrogens (primary N) is 1. The van der Waals surface area contributed by atoms with Crippen LogP contribution in [0.15, 0.2) is 12.1 Å². The van der Waals surface area contributed by atoms with Crippen molar-refractivity contribution in [1.82, 2.24) is 4.98 Å². The van der Waals surface area contributed by atoms with Gasteiger partial charge in [-0.1, -0.05) is 21.9 Å². The Morgan fingerprint density at radius 1 is 1.58 bits per heavy atom. The number of halogens is 1. The summed E-state index contributed by atoms with van der Waals surface area (Å²) in [6.45, 7) is 1.92. The Hall–Kier alpha value is -1.01. The van der Waals surface area contributed by atoms with Crippen LogP contribution in [-0.4, -0.2) is 10.3 Å². The van der Waals surface area contributed by atoms with Crippen LogP contribution in [0.1, 0.15) is 11.4 Å². The first-order chi connectivity index (χ1) is 5.74. The number of nitrogens with zero attached hydrogens (tertiary/aromatic N) is 1. The van der Waals surface area contributed by atoms with Gasteiger partial charge >= 0.3 is 0 Å². The molecule has 0 aliphatic heterocycles. The van der Waals surface area contributed by atoms with Gasteiger partial charge in [0.15, 0.2) is 0 Å². The van der Waals surface area contributed by atoms with E-state index in [-0.39, 0.29) is 0 Å². The predicted molar refractivity (Wildman–Crippen MR) is 54.1 cm³/mol. The highest BCUT2D eigenvalue weighted by atomic mass is 79.9. The van der Waals surface area contributed by atoms with Crippen molar-refractivity contribution in [2.75, 3.05) is 11.1 Å². The fraction of sp³-hybridized carbons (Fsp3) is 0.222. The molecule has 0 spiro atoms. The molecule has 1 aromatic rings. The normalized spacial score (nSPS) is 8.83. The standard InChI is InChI=1S/C9H9BrN2/c1-7-4-5-8(11)9(12-7)3-2-6-10/h4-5H,6,11H2,1H3. The molecule has 0 aromatic carbocycles. The van der Waals surface area contributed by atoms with E-state index in [1.807, 2.05) is 19.1 Å². The summed E-state index contributed by atoms with van der Waals surface area (Å²) in [5, 5.41) is 0.641. The number of hydrogen-bond acceptors (Lipinski definition) is 2. The van der Waals surface area contributed by atoms with Gasteiger partial charge in [-0.15, -0.1) is 0 Å². The number of aromatic nitrogens is 1. The molecule has 0 amide bonds. The van der Waals surface area contributed by atoms with E-state index in [1.165, 1.54) is 0 Å². The van der Waals surface area contributed by atoms with Crippen LogP contribution in [0.4, 0.5) is 5.69 Å². The SMILES string of the molecule is Cc1ccc(N)c(C#CCBr)n1. The van der Waals surface area contributed by atoms with Gasteiger partial charge in [0.25, 0.3) is 0 Å². The highest BCUT2D eigenvalue weighted by Crippen LogP contribution is 2.07. The van der Waals surface area contributed by atoms with Crippen LogP contribution < -0.4 is 5.73 Å². The van der Waals surface area contributed by atoms with Crippen molar-refractivity contribution in [2.45, 2.75) is 6.92 Å². The molecule has 2 nitrogen and oxygen atoms in total. The topological polar surface area (TPSA) is 38.9 Å². The molecule has 1 rings (SSSR count). The molecule has 1 heterocycles. The number of pyridine rings is 1. The molecule has 0 bridgehead atoms. The molecule has 0 unspecified atom stereocenters. The van der Waals surface area contributed by atoms with Crippen LogP contribution >= 0.6 is 15.9 Å². The summed E-state index contributed by atoms with van der Waals surface area (Å²) >= 11 is 3.21. The van der Waals surface area contributed by atoms with Gasteiger partial charge in [0.1, 0.15) is 5.69 Å². The molecule has 2 N–H and O–H groups in total. The quantitative estimate of drug-likeness (QED) is 0.539. The van der Waals surface area contributed by atoms with Crippen molar-refractivity contribution >= 4 is 21.6 Å². The van der Waals surface area contributed by atoms with E-state index in [1.54, 1.807) is 0 Å². The van der Waals surface area contributed by atoms with Crippen LogP contribution in [0.3, 0.4) is 0 Å². The van der Waals surface area contributed by atoms with Crippen LogP contribution in [0.5, 0.6) is 0 Å². The molecule has 0 fully saturated rings.